The van der Waals surface area contributed by atoms with Crippen molar-refractivity contribution in [3.8, 4) is 0 Å². The average Bonchev–Trinajstić information content (AvgIpc) is 2.30. The molecule has 2 rings (SSSR count). The summed E-state index contributed by atoms with van der Waals surface area (Å²) in [5, 5.41) is 0. The number of hydrogen-bond acceptors (Lipinski definition) is 3. The van der Waals surface area contributed by atoms with Crippen LogP contribution in [-0.2, 0) is 9.53 Å². The molecule has 1 aromatic carbocycles. The van der Waals surface area contributed by atoms with E-state index in [1.807, 2.05) is 37.3 Å². The molecule has 3 heteroatoms. The first-order chi connectivity index (χ1) is 7.31. The lowest BCUT2D eigenvalue weighted by atomic mass is 10.1. The van der Waals surface area contributed by atoms with Crippen LogP contribution in [0.15, 0.2) is 35.3 Å². The van der Waals surface area contributed by atoms with Gasteiger partial charge in [0.2, 0.25) is 0 Å². The minimum Gasteiger partial charge on any atom is -0.362 e. The molecule has 3 nitrogen and oxygen atoms in total. The van der Waals surface area contributed by atoms with Crippen LogP contribution >= 0.6 is 0 Å². The van der Waals surface area contributed by atoms with Gasteiger partial charge in [-0.15, -0.1) is 0 Å². The Morgan fingerprint density at radius 1 is 1.40 bits per heavy atom. The lowest BCUT2D eigenvalue weighted by molar-refractivity contribution is -0.115. The van der Waals surface area contributed by atoms with Gasteiger partial charge >= 0.3 is 0 Å². The van der Waals surface area contributed by atoms with E-state index in [1.54, 1.807) is 0 Å². The Kier molecular flexibility index (Phi) is 2.92. The largest absolute Gasteiger partial charge is 0.362 e. The average molecular weight is 203 g/mol. The van der Waals surface area contributed by atoms with Crippen LogP contribution in [0.5, 0.6) is 0 Å². The monoisotopic (exact) mass is 203 g/mol. The molecule has 0 saturated carbocycles. The maximum Gasteiger partial charge on any atom is 0.154 e. The highest BCUT2D eigenvalue weighted by Gasteiger charge is 2.22. The highest BCUT2D eigenvalue weighted by atomic mass is 16.5. The third-order valence-electron chi connectivity index (χ3n) is 2.51. The maximum atomic E-state index is 10.6. The first-order valence-electron chi connectivity index (χ1n) is 4.97. The number of ether oxygens (including phenoxy) is 1. The van der Waals surface area contributed by atoms with E-state index in [0.717, 1.165) is 17.6 Å². The summed E-state index contributed by atoms with van der Waals surface area (Å²) in [6, 6.07) is 10.00. The van der Waals surface area contributed by atoms with Crippen molar-refractivity contribution in [1.29, 1.82) is 0 Å². The zero-order valence-electron chi connectivity index (χ0n) is 8.59. The molecule has 1 heterocycles. The van der Waals surface area contributed by atoms with Gasteiger partial charge in [-0.2, -0.15) is 0 Å². The molecule has 0 spiro atoms. The Labute approximate surface area is 88.8 Å². The molecule has 1 aromatic rings. The van der Waals surface area contributed by atoms with Gasteiger partial charge in [0.15, 0.2) is 12.4 Å². The number of carbonyl (C=O) groups excluding carboxylic acids is 1. The maximum absolute atomic E-state index is 10.6. The van der Waals surface area contributed by atoms with Crippen LogP contribution in [0.3, 0.4) is 0 Å². The van der Waals surface area contributed by atoms with Gasteiger partial charge in [-0.05, 0) is 12.5 Å². The fourth-order valence-electron chi connectivity index (χ4n) is 1.66. The SMILES string of the molecule is CC1=NC(c2ccccc2)COC1C=O. The summed E-state index contributed by atoms with van der Waals surface area (Å²) in [5.41, 5.74) is 1.88. The predicted octanol–water partition coefficient (Wildman–Crippen LogP) is 1.79. The topological polar surface area (TPSA) is 38.7 Å². The van der Waals surface area contributed by atoms with Gasteiger partial charge in [-0.1, -0.05) is 30.3 Å². The summed E-state index contributed by atoms with van der Waals surface area (Å²) in [5.74, 6) is 0. The molecule has 15 heavy (non-hydrogen) atoms. The molecule has 78 valence electrons. The molecular weight excluding hydrogens is 190 g/mol. The Morgan fingerprint density at radius 3 is 2.73 bits per heavy atom. The van der Waals surface area contributed by atoms with E-state index in [2.05, 4.69) is 4.99 Å². The van der Waals surface area contributed by atoms with Crippen LogP contribution in [-0.4, -0.2) is 24.7 Å². The lowest BCUT2D eigenvalue weighted by Crippen LogP contribution is -2.31. The second kappa shape index (κ2) is 4.36. The van der Waals surface area contributed by atoms with Crippen LogP contribution < -0.4 is 0 Å². The van der Waals surface area contributed by atoms with E-state index in [9.17, 15) is 4.79 Å². The molecular formula is C12H13NO2. The smallest absolute Gasteiger partial charge is 0.154 e. The van der Waals surface area contributed by atoms with Gasteiger partial charge < -0.3 is 9.53 Å². The number of benzene rings is 1. The van der Waals surface area contributed by atoms with Gasteiger partial charge in [0, 0.05) is 5.71 Å². The highest BCUT2D eigenvalue weighted by Crippen LogP contribution is 2.22. The molecule has 0 bridgehead atoms. The van der Waals surface area contributed by atoms with Crippen LogP contribution in [0.1, 0.15) is 18.5 Å². The summed E-state index contributed by atoms with van der Waals surface area (Å²) in [7, 11) is 0. The Balaban J connectivity index is 2.21. The van der Waals surface area contributed by atoms with Gasteiger partial charge in [0.25, 0.3) is 0 Å². The zero-order valence-corrected chi connectivity index (χ0v) is 8.59. The number of nitrogens with zero attached hydrogens (tertiary/aromatic N) is 1. The molecule has 2 unspecified atom stereocenters. The first kappa shape index (κ1) is 10.1. The van der Waals surface area contributed by atoms with Crippen molar-refractivity contribution < 1.29 is 9.53 Å². The quantitative estimate of drug-likeness (QED) is 0.687. The molecule has 1 aliphatic heterocycles. The molecule has 0 aromatic heterocycles. The number of aldehydes is 1. The normalized spacial score (nSPS) is 25.8. The van der Waals surface area contributed by atoms with E-state index in [-0.39, 0.29) is 6.04 Å². The summed E-state index contributed by atoms with van der Waals surface area (Å²) < 4.78 is 5.41. The minimum absolute atomic E-state index is 0.0300. The number of rotatable bonds is 2. The highest BCUT2D eigenvalue weighted by molar-refractivity contribution is 5.99. The molecule has 0 saturated heterocycles. The number of carbonyl (C=O) groups is 1. The molecule has 1 aliphatic rings. The van der Waals surface area contributed by atoms with Crippen molar-refractivity contribution in [2.45, 2.75) is 19.1 Å². The first-order valence-corrected chi connectivity index (χ1v) is 4.97. The summed E-state index contributed by atoms with van der Waals surface area (Å²) in [4.78, 5) is 15.1. The van der Waals surface area contributed by atoms with E-state index < -0.39 is 6.10 Å². The standard InChI is InChI=1S/C12H13NO2/c1-9-12(7-14)15-8-11(13-9)10-5-3-2-4-6-10/h2-7,11-12H,8H2,1H3. The molecule has 0 N–H and O–H groups in total. The molecule has 0 fully saturated rings. The third-order valence-corrected chi connectivity index (χ3v) is 2.51. The second-order valence-corrected chi connectivity index (χ2v) is 3.59. The van der Waals surface area contributed by atoms with Gasteiger partial charge in [0.05, 0.1) is 12.6 Å². The minimum atomic E-state index is -0.454. The molecule has 0 aliphatic carbocycles. The number of hydrogen-bond donors (Lipinski definition) is 0. The Bertz CT molecular complexity index is 372. The van der Waals surface area contributed by atoms with Crippen molar-refractivity contribution in [1.82, 2.24) is 0 Å². The second-order valence-electron chi connectivity index (χ2n) is 3.59. The molecule has 0 amide bonds. The van der Waals surface area contributed by atoms with E-state index >= 15 is 0 Å². The summed E-state index contributed by atoms with van der Waals surface area (Å²) >= 11 is 0. The van der Waals surface area contributed by atoms with Crippen LogP contribution in [0.2, 0.25) is 0 Å². The number of aliphatic imine (C=N–C) groups is 1. The summed E-state index contributed by atoms with van der Waals surface area (Å²) in [6.07, 6.45) is 0.338. The van der Waals surface area contributed by atoms with Crippen molar-refractivity contribution in [3.63, 3.8) is 0 Å². The van der Waals surface area contributed by atoms with Gasteiger partial charge in [0.1, 0.15) is 0 Å². The Morgan fingerprint density at radius 2 is 2.13 bits per heavy atom. The predicted molar refractivity (Wildman–Crippen MR) is 58.1 cm³/mol. The molecule has 2 atom stereocenters. The summed E-state index contributed by atoms with van der Waals surface area (Å²) in [6.45, 7) is 2.30. The van der Waals surface area contributed by atoms with E-state index in [0.29, 0.717) is 6.61 Å². The fraction of sp³-hybridized carbons (Fsp3) is 0.333. The van der Waals surface area contributed by atoms with Crippen LogP contribution in [0, 0.1) is 0 Å². The Hall–Kier alpha value is -1.48. The van der Waals surface area contributed by atoms with E-state index in [4.69, 9.17) is 4.74 Å². The van der Waals surface area contributed by atoms with Crippen molar-refractivity contribution in [3.05, 3.63) is 35.9 Å². The van der Waals surface area contributed by atoms with Gasteiger partial charge in [-0.3, -0.25) is 4.99 Å². The lowest BCUT2D eigenvalue weighted by Gasteiger charge is -2.23. The van der Waals surface area contributed by atoms with Crippen molar-refractivity contribution >= 4 is 12.0 Å². The van der Waals surface area contributed by atoms with Crippen LogP contribution in [0.25, 0.3) is 0 Å². The zero-order chi connectivity index (χ0) is 10.7. The van der Waals surface area contributed by atoms with E-state index in [1.165, 1.54) is 0 Å². The third kappa shape index (κ3) is 2.13. The van der Waals surface area contributed by atoms with Crippen molar-refractivity contribution in [2.24, 2.45) is 4.99 Å². The molecule has 0 radical (unpaired) electrons. The van der Waals surface area contributed by atoms with Crippen molar-refractivity contribution in [2.75, 3.05) is 6.61 Å². The van der Waals surface area contributed by atoms with Gasteiger partial charge in [-0.25, -0.2) is 0 Å². The van der Waals surface area contributed by atoms with Crippen LogP contribution in [0.4, 0.5) is 0 Å². The fourth-order valence-corrected chi connectivity index (χ4v) is 1.66.